The lowest BCUT2D eigenvalue weighted by Crippen LogP contribution is -2.17. The third kappa shape index (κ3) is 2.36. The molecule has 0 aliphatic rings. The minimum atomic E-state index is 0.721. The van der Waals surface area contributed by atoms with Crippen LogP contribution >= 0.6 is 0 Å². The zero-order chi connectivity index (χ0) is 12.1. The number of benzene rings is 2. The molecule has 2 aromatic carbocycles. The quantitative estimate of drug-likeness (QED) is 0.740. The molecule has 0 N–H and O–H groups in total. The van der Waals surface area contributed by atoms with Gasteiger partial charge in [0, 0.05) is 17.8 Å². The van der Waals surface area contributed by atoms with E-state index in [-0.39, 0.29) is 0 Å². The number of hydrogen-bond acceptors (Lipinski definition) is 2. The van der Waals surface area contributed by atoms with Crippen molar-refractivity contribution in [2.75, 3.05) is 11.4 Å². The molecule has 2 aromatic rings. The molecular weight excluding hydrogens is 210 g/mol. The highest BCUT2D eigenvalue weighted by Crippen LogP contribution is 2.27. The van der Waals surface area contributed by atoms with E-state index in [0.717, 1.165) is 29.8 Å². The molecule has 0 aliphatic heterocycles. The summed E-state index contributed by atoms with van der Waals surface area (Å²) < 4.78 is 0. The zero-order valence-corrected chi connectivity index (χ0v) is 9.84. The molecule has 0 aromatic heterocycles. The maximum atomic E-state index is 11.1. The van der Waals surface area contributed by atoms with Crippen LogP contribution in [0.15, 0.2) is 54.6 Å². The molecule has 2 rings (SSSR count). The van der Waals surface area contributed by atoms with Crippen LogP contribution in [0.5, 0.6) is 0 Å². The average molecular weight is 225 g/mol. The van der Waals surface area contributed by atoms with Crippen LogP contribution in [0.4, 0.5) is 11.4 Å². The predicted octanol–water partition coefficient (Wildman–Crippen LogP) is 3.66. The second-order valence-electron chi connectivity index (χ2n) is 3.76. The van der Waals surface area contributed by atoms with Gasteiger partial charge < -0.3 is 4.90 Å². The van der Waals surface area contributed by atoms with E-state index in [4.69, 9.17) is 0 Å². The van der Waals surface area contributed by atoms with Crippen molar-refractivity contribution in [3.05, 3.63) is 60.2 Å². The fraction of sp³-hybridized carbons (Fsp3) is 0.133. The highest BCUT2D eigenvalue weighted by Gasteiger charge is 2.10. The second kappa shape index (κ2) is 5.30. The number of hydrogen-bond donors (Lipinski definition) is 0. The summed E-state index contributed by atoms with van der Waals surface area (Å²) in [5.74, 6) is 0. The Balaban J connectivity index is 2.46. The molecule has 86 valence electrons. The van der Waals surface area contributed by atoms with E-state index in [1.54, 1.807) is 0 Å². The SMILES string of the molecule is CCN(c1ccccc1)c1ccccc1C=O. The van der Waals surface area contributed by atoms with E-state index in [9.17, 15) is 4.79 Å². The molecule has 2 nitrogen and oxygen atoms in total. The fourth-order valence-corrected chi connectivity index (χ4v) is 1.93. The third-order valence-corrected chi connectivity index (χ3v) is 2.74. The van der Waals surface area contributed by atoms with Gasteiger partial charge in [-0.25, -0.2) is 0 Å². The normalized spacial score (nSPS) is 9.94. The molecule has 0 saturated carbocycles. The van der Waals surface area contributed by atoms with Gasteiger partial charge in [-0.2, -0.15) is 0 Å². The van der Waals surface area contributed by atoms with Gasteiger partial charge in [-0.1, -0.05) is 30.3 Å². The van der Waals surface area contributed by atoms with Gasteiger partial charge in [-0.05, 0) is 31.2 Å². The minimum Gasteiger partial charge on any atom is -0.341 e. The molecule has 0 radical (unpaired) electrons. The molecule has 0 bridgehead atoms. The molecule has 0 spiro atoms. The maximum absolute atomic E-state index is 11.1. The molecule has 0 heterocycles. The highest BCUT2D eigenvalue weighted by atomic mass is 16.1. The van der Waals surface area contributed by atoms with Gasteiger partial charge in [0.05, 0.1) is 5.69 Å². The van der Waals surface area contributed by atoms with Crippen LogP contribution in [0, 0.1) is 0 Å². The first kappa shape index (κ1) is 11.4. The molecule has 17 heavy (non-hydrogen) atoms. The molecule has 0 atom stereocenters. The van der Waals surface area contributed by atoms with Crippen molar-refractivity contribution in [1.82, 2.24) is 0 Å². The zero-order valence-electron chi connectivity index (χ0n) is 9.84. The van der Waals surface area contributed by atoms with Crippen LogP contribution in [0.3, 0.4) is 0 Å². The summed E-state index contributed by atoms with van der Waals surface area (Å²) in [4.78, 5) is 13.2. The number of aldehydes is 1. The standard InChI is InChI=1S/C15H15NO/c1-2-16(14-9-4-3-5-10-14)15-11-7-6-8-13(15)12-17/h3-12H,2H2,1H3. The summed E-state index contributed by atoms with van der Waals surface area (Å²) in [7, 11) is 0. The molecule has 0 amide bonds. The second-order valence-corrected chi connectivity index (χ2v) is 3.76. The summed E-state index contributed by atoms with van der Waals surface area (Å²) in [6.45, 7) is 2.91. The first-order valence-electron chi connectivity index (χ1n) is 5.73. The lowest BCUT2D eigenvalue weighted by atomic mass is 10.1. The Hall–Kier alpha value is -2.09. The van der Waals surface area contributed by atoms with Gasteiger partial charge in [-0.3, -0.25) is 4.79 Å². The van der Waals surface area contributed by atoms with E-state index >= 15 is 0 Å². The maximum Gasteiger partial charge on any atom is 0.152 e. The van der Waals surface area contributed by atoms with Crippen LogP contribution in [-0.2, 0) is 0 Å². The van der Waals surface area contributed by atoms with Crippen molar-refractivity contribution in [2.45, 2.75) is 6.92 Å². The van der Waals surface area contributed by atoms with Crippen molar-refractivity contribution in [1.29, 1.82) is 0 Å². The number of para-hydroxylation sites is 2. The third-order valence-electron chi connectivity index (χ3n) is 2.74. The average Bonchev–Trinajstić information content (AvgIpc) is 2.41. The van der Waals surface area contributed by atoms with Crippen LogP contribution in [0.25, 0.3) is 0 Å². The Kier molecular flexibility index (Phi) is 3.55. The Morgan fingerprint density at radius 3 is 2.29 bits per heavy atom. The summed E-state index contributed by atoms with van der Waals surface area (Å²) in [6.07, 6.45) is 0.904. The smallest absolute Gasteiger partial charge is 0.152 e. The van der Waals surface area contributed by atoms with Crippen LogP contribution in [-0.4, -0.2) is 12.8 Å². The van der Waals surface area contributed by atoms with Crippen molar-refractivity contribution in [2.24, 2.45) is 0 Å². The summed E-state index contributed by atoms with van der Waals surface area (Å²) in [6, 6.07) is 17.7. The van der Waals surface area contributed by atoms with Gasteiger partial charge >= 0.3 is 0 Å². The summed E-state index contributed by atoms with van der Waals surface area (Å²) >= 11 is 0. The lowest BCUT2D eigenvalue weighted by Gasteiger charge is -2.24. The first-order valence-corrected chi connectivity index (χ1v) is 5.73. The molecular formula is C15H15NO. The molecule has 2 heteroatoms. The van der Waals surface area contributed by atoms with Gasteiger partial charge in [0.15, 0.2) is 6.29 Å². The van der Waals surface area contributed by atoms with E-state index in [0.29, 0.717) is 0 Å². The van der Waals surface area contributed by atoms with E-state index in [2.05, 4.69) is 11.8 Å². The van der Waals surface area contributed by atoms with E-state index in [1.165, 1.54) is 0 Å². The van der Waals surface area contributed by atoms with Gasteiger partial charge in [0.2, 0.25) is 0 Å². The Morgan fingerprint density at radius 2 is 1.65 bits per heavy atom. The van der Waals surface area contributed by atoms with Crippen LogP contribution in [0.1, 0.15) is 17.3 Å². The van der Waals surface area contributed by atoms with Crippen molar-refractivity contribution in [3.8, 4) is 0 Å². The molecule has 0 aliphatic carbocycles. The highest BCUT2D eigenvalue weighted by molar-refractivity contribution is 5.86. The largest absolute Gasteiger partial charge is 0.341 e. The Morgan fingerprint density at radius 1 is 1.00 bits per heavy atom. The number of carbonyl (C=O) groups excluding carboxylic acids is 1. The number of anilines is 2. The van der Waals surface area contributed by atoms with Crippen molar-refractivity contribution in [3.63, 3.8) is 0 Å². The number of carbonyl (C=O) groups is 1. The topological polar surface area (TPSA) is 20.3 Å². The number of rotatable bonds is 4. The molecule has 0 fully saturated rings. The molecule has 0 saturated heterocycles. The van der Waals surface area contributed by atoms with Gasteiger partial charge in [0.1, 0.15) is 0 Å². The first-order chi connectivity index (χ1) is 8.36. The fourth-order valence-electron chi connectivity index (χ4n) is 1.93. The van der Waals surface area contributed by atoms with Gasteiger partial charge in [0.25, 0.3) is 0 Å². The predicted molar refractivity (Wildman–Crippen MR) is 71.0 cm³/mol. The Bertz CT molecular complexity index is 493. The van der Waals surface area contributed by atoms with Gasteiger partial charge in [-0.15, -0.1) is 0 Å². The lowest BCUT2D eigenvalue weighted by molar-refractivity contribution is 0.112. The van der Waals surface area contributed by atoms with E-state index in [1.807, 2.05) is 54.6 Å². The Labute approximate surface area is 102 Å². The summed E-state index contributed by atoms with van der Waals surface area (Å²) in [5.41, 5.74) is 2.78. The van der Waals surface area contributed by atoms with Crippen molar-refractivity contribution >= 4 is 17.7 Å². The minimum absolute atomic E-state index is 0.721. The van der Waals surface area contributed by atoms with Crippen LogP contribution < -0.4 is 4.90 Å². The van der Waals surface area contributed by atoms with E-state index < -0.39 is 0 Å². The molecule has 0 unspecified atom stereocenters. The summed E-state index contributed by atoms with van der Waals surface area (Å²) in [5, 5.41) is 0. The number of nitrogens with zero attached hydrogens (tertiary/aromatic N) is 1. The van der Waals surface area contributed by atoms with Crippen LogP contribution in [0.2, 0.25) is 0 Å². The monoisotopic (exact) mass is 225 g/mol. The van der Waals surface area contributed by atoms with Crippen molar-refractivity contribution < 1.29 is 4.79 Å².